The van der Waals surface area contributed by atoms with Gasteiger partial charge in [-0.25, -0.2) is 9.97 Å². The molecule has 0 atom stereocenters. The maximum atomic E-state index is 13.7. The van der Waals surface area contributed by atoms with Gasteiger partial charge < -0.3 is 5.32 Å². The monoisotopic (exact) mass is 581 g/mol. The molecular formula is C31H25F6N5. The predicted octanol–water partition coefficient (Wildman–Crippen LogP) is 8.41. The summed E-state index contributed by atoms with van der Waals surface area (Å²) in [7, 11) is 1.89. The highest BCUT2D eigenvalue weighted by Crippen LogP contribution is 2.37. The van der Waals surface area contributed by atoms with Crippen molar-refractivity contribution in [1.29, 1.82) is 0 Å². The van der Waals surface area contributed by atoms with Crippen molar-refractivity contribution in [1.82, 2.24) is 19.9 Å². The van der Waals surface area contributed by atoms with Gasteiger partial charge in [0.2, 0.25) is 0 Å². The predicted molar refractivity (Wildman–Crippen MR) is 149 cm³/mol. The molecule has 0 aliphatic carbocycles. The van der Waals surface area contributed by atoms with Crippen LogP contribution >= 0.6 is 0 Å². The molecule has 216 valence electrons. The van der Waals surface area contributed by atoms with Gasteiger partial charge in [-0.15, -0.1) is 0 Å². The molecule has 0 bridgehead atoms. The summed E-state index contributed by atoms with van der Waals surface area (Å²) in [6.45, 7) is 2.91. The lowest BCUT2D eigenvalue weighted by Crippen LogP contribution is -2.20. The topological polar surface area (TPSA) is 53.9 Å². The Labute approximate surface area is 237 Å². The molecule has 0 saturated carbocycles. The number of alkyl halides is 6. The summed E-state index contributed by atoms with van der Waals surface area (Å²) in [5.74, 6) is 0.685. The van der Waals surface area contributed by atoms with Crippen LogP contribution in [-0.2, 0) is 25.4 Å². The number of rotatable bonds is 7. The summed E-state index contributed by atoms with van der Waals surface area (Å²) in [6.07, 6.45) is -7.80. The lowest BCUT2D eigenvalue weighted by molar-refractivity contribution is -0.138. The van der Waals surface area contributed by atoms with E-state index in [2.05, 4.69) is 20.3 Å². The summed E-state index contributed by atoms with van der Waals surface area (Å²) in [4.78, 5) is 15.3. The van der Waals surface area contributed by atoms with E-state index < -0.39 is 23.5 Å². The van der Waals surface area contributed by atoms with E-state index in [-0.39, 0.29) is 11.3 Å². The quantitative estimate of drug-likeness (QED) is 0.196. The van der Waals surface area contributed by atoms with Crippen molar-refractivity contribution in [3.05, 3.63) is 113 Å². The summed E-state index contributed by atoms with van der Waals surface area (Å²) >= 11 is 0. The summed E-state index contributed by atoms with van der Waals surface area (Å²) < 4.78 is 80.4. The molecule has 5 aromatic rings. The smallest absolute Gasteiger partial charge is 0.340 e. The van der Waals surface area contributed by atoms with E-state index in [1.165, 1.54) is 36.5 Å². The molecule has 0 radical (unpaired) electrons. The molecule has 0 unspecified atom stereocenters. The molecule has 0 fully saturated rings. The molecule has 0 spiro atoms. The molecule has 5 rings (SSSR count). The number of nitrogens with zero attached hydrogens (tertiary/aromatic N) is 4. The zero-order valence-electron chi connectivity index (χ0n) is 22.6. The van der Waals surface area contributed by atoms with Crippen LogP contribution in [0.4, 0.5) is 37.8 Å². The van der Waals surface area contributed by atoms with Crippen LogP contribution in [0, 0.1) is 6.92 Å². The molecule has 3 aromatic carbocycles. The summed E-state index contributed by atoms with van der Waals surface area (Å²) in [5.41, 5.74) is 1.26. The lowest BCUT2D eigenvalue weighted by Gasteiger charge is -2.19. The highest BCUT2D eigenvalue weighted by Gasteiger charge is 2.34. The Morgan fingerprint density at radius 2 is 1.52 bits per heavy atom. The number of halogens is 6. The lowest BCUT2D eigenvalue weighted by atomic mass is 10.0. The number of anilines is 2. The molecule has 2 heterocycles. The fourth-order valence-corrected chi connectivity index (χ4v) is 4.61. The van der Waals surface area contributed by atoms with Crippen LogP contribution in [0.2, 0.25) is 0 Å². The van der Waals surface area contributed by atoms with Gasteiger partial charge in [0.25, 0.3) is 0 Å². The fourth-order valence-electron chi connectivity index (χ4n) is 4.61. The molecule has 0 amide bonds. The van der Waals surface area contributed by atoms with Gasteiger partial charge in [-0.3, -0.25) is 9.88 Å². The molecule has 0 aliphatic rings. The second-order valence-electron chi connectivity index (χ2n) is 9.92. The molecule has 11 heteroatoms. The van der Waals surface area contributed by atoms with Crippen molar-refractivity contribution < 1.29 is 26.3 Å². The van der Waals surface area contributed by atoms with Gasteiger partial charge in [0.1, 0.15) is 11.6 Å². The normalized spacial score (nSPS) is 12.2. The van der Waals surface area contributed by atoms with Gasteiger partial charge in [0, 0.05) is 29.4 Å². The molecule has 0 saturated heterocycles. The minimum absolute atomic E-state index is 0.217. The van der Waals surface area contributed by atoms with Crippen molar-refractivity contribution in [3.63, 3.8) is 0 Å². The Morgan fingerprint density at radius 3 is 2.21 bits per heavy atom. The SMILES string of the molecule is Cc1ccccc1CN(C)Cc1nc(Nc2ccc(C(F)(F)F)cc2)c2ccc(-c3ncccc3C(F)(F)F)cc2n1. The van der Waals surface area contributed by atoms with Gasteiger partial charge in [0.15, 0.2) is 0 Å². The molecular weight excluding hydrogens is 556 g/mol. The minimum Gasteiger partial charge on any atom is -0.340 e. The third-order valence-corrected chi connectivity index (χ3v) is 6.72. The molecule has 2 aromatic heterocycles. The highest BCUT2D eigenvalue weighted by atomic mass is 19.4. The second-order valence-corrected chi connectivity index (χ2v) is 9.92. The fraction of sp³-hybridized carbons (Fsp3) is 0.194. The van der Waals surface area contributed by atoms with Crippen LogP contribution in [0.15, 0.2) is 85.1 Å². The zero-order valence-corrected chi connectivity index (χ0v) is 22.6. The summed E-state index contributed by atoms with van der Waals surface area (Å²) in [6, 6.07) is 19.2. The Morgan fingerprint density at radius 1 is 0.786 bits per heavy atom. The Kier molecular flexibility index (Phi) is 7.87. The first-order valence-corrected chi connectivity index (χ1v) is 12.9. The third kappa shape index (κ3) is 6.52. The first kappa shape index (κ1) is 29.0. The average molecular weight is 582 g/mol. The van der Waals surface area contributed by atoms with Crippen molar-refractivity contribution in [3.8, 4) is 11.3 Å². The van der Waals surface area contributed by atoms with Gasteiger partial charge >= 0.3 is 12.4 Å². The number of nitrogens with one attached hydrogen (secondary N) is 1. The minimum atomic E-state index is -4.61. The van der Waals surface area contributed by atoms with Gasteiger partial charge in [-0.2, -0.15) is 26.3 Å². The second kappa shape index (κ2) is 11.4. The maximum absolute atomic E-state index is 13.7. The van der Waals surface area contributed by atoms with E-state index in [0.717, 1.165) is 29.3 Å². The largest absolute Gasteiger partial charge is 0.418 e. The van der Waals surface area contributed by atoms with Gasteiger partial charge in [-0.1, -0.05) is 30.3 Å². The Bertz CT molecular complexity index is 1710. The number of hydrogen-bond acceptors (Lipinski definition) is 5. The first-order valence-electron chi connectivity index (χ1n) is 12.9. The molecule has 5 nitrogen and oxygen atoms in total. The van der Waals surface area contributed by atoms with Gasteiger partial charge in [-0.05, 0) is 73.6 Å². The number of aromatic nitrogens is 3. The van der Waals surface area contributed by atoms with Crippen molar-refractivity contribution in [2.75, 3.05) is 12.4 Å². The standard InChI is InChI=1S/C31H25F6N5/c1-19-6-3-4-7-21(19)17-42(2)18-27-40-26-16-20(28-25(31(35,36)37)8-5-15-38-28)9-14-24(26)29(41-27)39-23-12-10-22(11-13-23)30(32,33)34/h3-16H,17-18H2,1-2H3,(H,39,40,41). The van der Waals surface area contributed by atoms with E-state index in [9.17, 15) is 26.3 Å². The third-order valence-electron chi connectivity index (χ3n) is 6.72. The van der Waals surface area contributed by atoms with Crippen molar-refractivity contribution in [2.24, 2.45) is 0 Å². The van der Waals surface area contributed by atoms with Crippen LogP contribution in [0.5, 0.6) is 0 Å². The first-order chi connectivity index (χ1) is 19.9. The highest BCUT2D eigenvalue weighted by molar-refractivity contribution is 5.93. The van der Waals surface area contributed by atoms with Crippen LogP contribution in [0.25, 0.3) is 22.2 Å². The van der Waals surface area contributed by atoms with E-state index in [0.29, 0.717) is 41.3 Å². The van der Waals surface area contributed by atoms with E-state index in [1.807, 2.05) is 43.1 Å². The maximum Gasteiger partial charge on any atom is 0.418 e. The van der Waals surface area contributed by atoms with Gasteiger partial charge in [0.05, 0.1) is 28.9 Å². The average Bonchev–Trinajstić information content (AvgIpc) is 2.93. The Balaban J connectivity index is 1.55. The summed E-state index contributed by atoms with van der Waals surface area (Å²) in [5, 5.41) is 3.54. The van der Waals surface area contributed by atoms with Crippen molar-refractivity contribution >= 4 is 22.4 Å². The van der Waals surface area contributed by atoms with Crippen LogP contribution < -0.4 is 5.32 Å². The number of aryl methyl sites for hydroxylation is 1. The number of benzene rings is 3. The Hall–Kier alpha value is -4.51. The molecule has 0 aliphatic heterocycles. The van der Waals surface area contributed by atoms with Crippen LogP contribution in [0.1, 0.15) is 28.1 Å². The van der Waals surface area contributed by atoms with E-state index in [1.54, 1.807) is 6.07 Å². The van der Waals surface area contributed by atoms with E-state index in [4.69, 9.17) is 0 Å². The van der Waals surface area contributed by atoms with Crippen molar-refractivity contribution in [2.45, 2.75) is 32.4 Å². The van der Waals surface area contributed by atoms with Crippen LogP contribution in [0.3, 0.4) is 0 Å². The molecule has 1 N–H and O–H groups in total. The molecule has 42 heavy (non-hydrogen) atoms. The zero-order chi connectivity index (χ0) is 30.1. The van der Waals surface area contributed by atoms with Crippen LogP contribution in [-0.4, -0.2) is 26.9 Å². The van der Waals surface area contributed by atoms with E-state index >= 15 is 0 Å². The number of fused-ring (bicyclic) bond motifs is 1. The number of pyridine rings is 1. The number of hydrogen-bond donors (Lipinski definition) is 1.